The normalized spacial score (nSPS) is 13.1. The highest BCUT2D eigenvalue weighted by molar-refractivity contribution is 6.29. The van der Waals surface area contributed by atoms with Gasteiger partial charge in [-0.15, -0.1) is 12.4 Å². The van der Waals surface area contributed by atoms with Gasteiger partial charge in [0.25, 0.3) is 5.91 Å². The number of carbonyl (C=O) groups is 2. The second-order valence-corrected chi connectivity index (χ2v) is 6.18. The highest BCUT2D eigenvalue weighted by atomic mass is 35.5. The maximum Gasteiger partial charge on any atom is 0.322 e. The number of carbonyl (C=O) groups excluding carboxylic acids is 1. The molecule has 0 saturated carbocycles. The Balaban J connectivity index is 0.00000300. The van der Waals surface area contributed by atoms with Crippen molar-refractivity contribution >= 4 is 47.1 Å². The molecule has 9 heteroatoms. The molecule has 8 nitrogen and oxygen atoms in total. The number of methoxy groups -OCH3 is 1. The molecule has 0 aromatic heterocycles. The maximum absolute atomic E-state index is 13.0. The summed E-state index contributed by atoms with van der Waals surface area (Å²) < 4.78 is 5.44. The molecule has 0 atom stereocenters. The number of nitrogens with two attached hydrogens (primary N) is 1. The summed E-state index contributed by atoms with van der Waals surface area (Å²) in [5, 5.41) is 19.0. The van der Waals surface area contributed by atoms with Gasteiger partial charge in [0.15, 0.2) is 0 Å². The van der Waals surface area contributed by atoms with E-state index >= 15 is 0 Å². The van der Waals surface area contributed by atoms with Crippen molar-refractivity contribution in [1.29, 1.82) is 5.41 Å². The molecular formula is C20H21ClN4O4. The Labute approximate surface area is 173 Å². The van der Waals surface area contributed by atoms with E-state index in [4.69, 9.17) is 21.0 Å². The van der Waals surface area contributed by atoms with Crippen LogP contribution in [0, 0.1) is 5.41 Å². The number of anilines is 2. The minimum absolute atomic E-state index is 0. The molecule has 1 aliphatic heterocycles. The maximum atomic E-state index is 13.0. The molecule has 1 heterocycles. The molecular weight excluding hydrogens is 396 g/mol. The van der Waals surface area contributed by atoms with E-state index in [9.17, 15) is 9.59 Å². The molecule has 2 aromatic carbocycles. The number of nitrogen functional groups attached to an aromatic ring is 1. The number of carboxylic acids is 1. The largest absolute Gasteiger partial charge is 0.498 e. The lowest BCUT2D eigenvalue weighted by molar-refractivity contribution is -0.134. The van der Waals surface area contributed by atoms with Crippen LogP contribution in [0.4, 0.5) is 11.4 Å². The summed E-state index contributed by atoms with van der Waals surface area (Å²) in [7, 11) is 1.52. The Morgan fingerprint density at radius 1 is 1.21 bits per heavy atom. The first-order valence-electron chi connectivity index (χ1n) is 8.50. The topological polar surface area (TPSA) is 129 Å². The van der Waals surface area contributed by atoms with Gasteiger partial charge in [-0.25, -0.2) is 0 Å². The predicted octanol–water partition coefficient (Wildman–Crippen LogP) is 2.29. The molecule has 152 valence electrons. The SMILES string of the molecule is COC1=C(c2ccc(NCC(=O)O)cc2)C(=O)N(c2ccc(C(=N)N)cc2)C1.Cl. The van der Waals surface area contributed by atoms with Crippen LogP contribution < -0.4 is 16.0 Å². The molecule has 3 rings (SSSR count). The minimum Gasteiger partial charge on any atom is -0.498 e. The zero-order valence-corrected chi connectivity index (χ0v) is 16.5. The standard InChI is InChI=1S/C20H20N4O4.ClH/c1-28-16-11-24(15-8-4-13(5-9-15)19(21)22)20(27)18(16)12-2-6-14(7-3-12)23-10-17(25)26;/h2-9,23H,10-11H2,1H3,(H3,21,22)(H,25,26);1H. The third-order valence-corrected chi connectivity index (χ3v) is 4.39. The van der Waals surface area contributed by atoms with Gasteiger partial charge >= 0.3 is 5.97 Å². The number of halogens is 1. The monoisotopic (exact) mass is 416 g/mol. The quantitative estimate of drug-likeness (QED) is 0.405. The fraction of sp³-hybridized carbons (Fsp3) is 0.150. The van der Waals surface area contributed by atoms with Crippen molar-refractivity contribution in [3.8, 4) is 0 Å². The molecule has 1 amide bonds. The van der Waals surface area contributed by atoms with Gasteiger partial charge in [0, 0.05) is 16.9 Å². The summed E-state index contributed by atoms with van der Waals surface area (Å²) in [6.45, 7) is 0.109. The lowest BCUT2D eigenvalue weighted by Gasteiger charge is -2.17. The van der Waals surface area contributed by atoms with Crippen molar-refractivity contribution in [3.63, 3.8) is 0 Å². The summed E-state index contributed by atoms with van der Waals surface area (Å²) >= 11 is 0. The minimum atomic E-state index is -0.953. The van der Waals surface area contributed by atoms with Crippen LogP contribution in [0.15, 0.2) is 54.3 Å². The van der Waals surface area contributed by atoms with Crippen LogP contribution in [0.5, 0.6) is 0 Å². The first-order chi connectivity index (χ1) is 13.4. The van der Waals surface area contributed by atoms with Crippen molar-refractivity contribution < 1.29 is 19.4 Å². The zero-order chi connectivity index (χ0) is 20.3. The number of amidine groups is 1. The molecule has 0 saturated heterocycles. The molecule has 0 aliphatic carbocycles. The molecule has 0 fully saturated rings. The molecule has 0 radical (unpaired) electrons. The Hall–Kier alpha value is -3.52. The van der Waals surface area contributed by atoms with Gasteiger partial charge in [-0.1, -0.05) is 12.1 Å². The van der Waals surface area contributed by atoms with Crippen LogP contribution in [-0.4, -0.2) is 43.0 Å². The fourth-order valence-electron chi connectivity index (χ4n) is 2.96. The zero-order valence-electron chi connectivity index (χ0n) is 15.6. The molecule has 2 aromatic rings. The van der Waals surface area contributed by atoms with E-state index in [1.165, 1.54) is 7.11 Å². The van der Waals surface area contributed by atoms with Crippen molar-refractivity contribution in [2.75, 3.05) is 30.4 Å². The number of benzene rings is 2. The number of hydrogen-bond acceptors (Lipinski definition) is 5. The number of ether oxygens (including phenoxy) is 1. The first kappa shape index (κ1) is 21.8. The third-order valence-electron chi connectivity index (χ3n) is 4.39. The van der Waals surface area contributed by atoms with E-state index in [-0.39, 0.29) is 30.7 Å². The molecule has 5 N–H and O–H groups in total. The highest BCUT2D eigenvalue weighted by Crippen LogP contribution is 2.32. The van der Waals surface area contributed by atoms with Gasteiger partial charge in [-0.05, 0) is 42.0 Å². The first-order valence-corrected chi connectivity index (χ1v) is 8.50. The summed E-state index contributed by atoms with van der Waals surface area (Å²) in [5.41, 5.74) is 8.53. The molecule has 29 heavy (non-hydrogen) atoms. The van der Waals surface area contributed by atoms with Crippen LogP contribution in [0.2, 0.25) is 0 Å². The van der Waals surface area contributed by atoms with Crippen molar-refractivity contribution in [3.05, 3.63) is 65.4 Å². The van der Waals surface area contributed by atoms with Gasteiger partial charge in [0.1, 0.15) is 18.1 Å². The number of hydrogen-bond donors (Lipinski definition) is 4. The molecule has 1 aliphatic rings. The van der Waals surface area contributed by atoms with Crippen LogP contribution in [0.3, 0.4) is 0 Å². The Kier molecular flexibility index (Phi) is 6.84. The average molecular weight is 417 g/mol. The molecule has 0 unspecified atom stereocenters. The number of nitrogens with one attached hydrogen (secondary N) is 2. The summed E-state index contributed by atoms with van der Waals surface area (Å²) in [6.07, 6.45) is 0. The van der Waals surface area contributed by atoms with E-state index in [0.717, 1.165) is 0 Å². The van der Waals surface area contributed by atoms with Gasteiger partial charge < -0.3 is 25.8 Å². The highest BCUT2D eigenvalue weighted by Gasteiger charge is 2.33. The second kappa shape index (κ2) is 9.11. The van der Waals surface area contributed by atoms with Crippen molar-refractivity contribution in [2.24, 2.45) is 5.73 Å². The smallest absolute Gasteiger partial charge is 0.322 e. The Bertz CT molecular complexity index is 955. The van der Waals surface area contributed by atoms with E-state index in [2.05, 4.69) is 5.32 Å². The predicted molar refractivity (Wildman–Crippen MR) is 114 cm³/mol. The fourth-order valence-corrected chi connectivity index (χ4v) is 2.96. The van der Waals surface area contributed by atoms with Crippen LogP contribution in [0.25, 0.3) is 5.57 Å². The second-order valence-electron chi connectivity index (χ2n) is 6.18. The van der Waals surface area contributed by atoms with Gasteiger partial charge in [0.2, 0.25) is 0 Å². The van der Waals surface area contributed by atoms with Crippen molar-refractivity contribution in [1.82, 2.24) is 0 Å². The van der Waals surface area contributed by atoms with Crippen LogP contribution in [-0.2, 0) is 14.3 Å². The number of aliphatic carboxylic acids is 1. The summed E-state index contributed by atoms with van der Waals surface area (Å²) in [5.74, 6) is -0.635. The van der Waals surface area contributed by atoms with Crippen molar-refractivity contribution in [2.45, 2.75) is 0 Å². The number of carboxylic acid groups (broad SMARTS) is 1. The van der Waals surface area contributed by atoms with E-state index in [1.807, 2.05) is 0 Å². The van der Waals surface area contributed by atoms with Gasteiger partial charge in [-0.2, -0.15) is 0 Å². The third kappa shape index (κ3) is 4.67. The lowest BCUT2D eigenvalue weighted by Crippen LogP contribution is -2.26. The number of amides is 1. The Morgan fingerprint density at radius 2 is 1.83 bits per heavy atom. The van der Waals surface area contributed by atoms with Crippen LogP contribution in [0.1, 0.15) is 11.1 Å². The van der Waals surface area contributed by atoms with Crippen LogP contribution >= 0.6 is 12.4 Å². The molecule has 0 bridgehead atoms. The number of nitrogens with zero attached hydrogens (tertiary/aromatic N) is 1. The Morgan fingerprint density at radius 3 is 2.34 bits per heavy atom. The average Bonchev–Trinajstić information content (AvgIpc) is 3.03. The van der Waals surface area contributed by atoms with E-state index < -0.39 is 5.97 Å². The van der Waals surface area contributed by atoms with E-state index in [0.29, 0.717) is 40.4 Å². The van der Waals surface area contributed by atoms with E-state index in [1.54, 1.807) is 53.4 Å². The van der Waals surface area contributed by atoms with Gasteiger partial charge in [-0.3, -0.25) is 15.0 Å². The molecule has 0 spiro atoms. The summed E-state index contributed by atoms with van der Waals surface area (Å²) in [6, 6.07) is 13.8. The lowest BCUT2D eigenvalue weighted by atomic mass is 10.0. The number of rotatable bonds is 7. The van der Waals surface area contributed by atoms with Gasteiger partial charge in [0.05, 0.1) is 19.2 Å². The summed E-state index contributed by atoms with van der Waals surface area (Å²) in [4.78, 5) is 25.3.